The Hall–Kier alpha value is -3.65. The Balaban J connectivity index is 1.47. The predicted molar refractivity (Wildman–Crippen MR) is 114 cm³/mol. The van der Waals surface area contributed by atoms with Crippen molar-refractivity contribution < 1.29 is 18.8 Å². The molecule has 1 atom stereocenters. The van der Waals surface area contributed by atoms with E-state index in [0.717, 1.165) is 11.3 Å². The monoisotopic (exact) mass is 433 g/mol. The molecule has 2 aromatic carbocycles. The van der Waals surface area contributed by atoms with Crippen LogP contribution in [0.1, 0.15) is 61.2 Å². The number of carbonyl (C=O) groups is 3. The minimum Gasteiger partial charge on any atom is -0.360 e. The van der Waals surface area contributed by atoms with Gasteiger partial charge in [0.05, 0.1) is 28.4 Å². The van der Waals surface area contributed by atoms with Crippen molar-refractivity contribution in [3.05, 3.63) is 87.3 Å². The third-order valence-corrected chi connectivity index (χ3v) is 6.33. The van der Waals surface area contributed by atoms with Gasteiger partial charge in [-0.3, -0.25) is 19.3 Å². The first-order valence-electron chi connectivity index (χ1n) is 9.73. The molecular formula is C23H16FN3O3S. The number of nitrogens with one attached hydrogen (secondary N) is 1. The lowest BCUT2D eigenvalue weighted by molar-refractivity contribution is 0.0574. The van der Waals surface area contributed by atoms with E-state index in [1.807, 2.05) is 6.92 Å². The number of ketones is 1. The molecule has 8 heteroatoms. The topological polar surface area (TPSA) is 83.1 Å². The van der Waals surface area contributed by atoms with Crippen LogP contribution >= 0.6 is 11.3 Å². The number of aromatic amines is 1. The Morgan fingerprint density at radius 2 is 1.87 bits per heavy atom. The predicted octanol–water partition coefficient (Wildman–Crippen LogP) is 4.74. The van der Waals surface area contributed by atoms with Crippen LogP contribution in [0.5, 0.6) is 0 Å². The quantitative estimate of drug-likeness (QED) is 0.364. The minimum atomic E-state index is -0.567. The van der Waals surface area contributed by atoms with E-state index in [4.69, 9.17) is 0 Å². The number of hydrogen-bond donors (Lipinski definition) is 1. The highest BCUT2D eigenvalue weighted by molar-refractivity contribution is 7.12. The van der Waals surface area contributed by atoms with Gasteiger partial charge in [-0.05, 0) is 36.8 Å². The summed E-state index contributed by atoms with van der Waals surface area (Å²) < 4.78 is 13.4. The van der Waals surface area contributed by atoms with Gasteiger partial charge >= 0.3 is 0 Å². The van der Waals surface area contributed by atoms with Gasteiger partial charge in [0.15, 0.2) is 5.01 Å². The van der Waals surface area contributed by atoms with Crippen molar-refractivity contribution in [3.63, 3.8) is 0 Å². The van der Waals surface area contributed by atoms with Crippen LogP contribution in [0.4, 0.5) is 4.39 Å². The number of rotatable bonds is 5. The molecule has 0 saturated heterocycles. The summed E-state index contributed by atoms with van der Waals surface area (Å²) in [6.45, 7) is 1.86. The minimum absolute atomic E-state index is 0.246. The summed E-state index contributed by atoms with van der Waals surface area (Å²) in [4.78, 5) is 47.4. The van der Waals surface area contributed by atoms with Crippen molar-refractivity contribution in [2.75, 3.05) is 0 Å². The van der Waals surface area contributed by atoms with Gasteiger partial charge in [0.2, 0.25) is 5.78 Å². The molecule has 0 saturated carbocycles. The fourth-order valence-corrected chi connectivity index (χ4v) is 4.78. The van der Waals surface area contributed by atoms with Crippen molar-refractivity contribution in [1.29, 1.82) is 0 Å². The van der Waals surface area contributed by atoms with Gasteiger partial charge in [-0.25, -0.2) is 9.37 Å². The number of nitrogens with zero attached hydrogens (tertiary/aromatic N) is 2. The summed E-state index contributed by atoms with van der Waals surface area (Å²) in [5.41, 5.74) is 2.17. The molecule has 1 aliphatic rings. The third kappa shape index (κ3) is 2.98. The van der Waals surface area contributed by atoms with Crippen molar-refractivity contribution in [3.8, 4) is 0 Å². The average molecular weight is 433 g/mol. The van der Waals surface area contributed by atoms with Crippen LogP contribution in [0.3, 0.4) is 0 Å². The van der Waals surface area contributed by atoms with Gasteiger partial charge < -0.3 is 4.98 Å². The highest BCUT2D eigenvalue weighted by atomic mass is 32.1. The van der Waals surface area contributed by atoms with Crippen LogP contribution < -0.4 is 0 Å². The molecule has 1 aliphatic heterocycles. The second-order valence-electron chi connectivity index (χ2n) is 7.25. The number of aromatic nitrogens is 2. The summed E-state index contributed by atoms with van der Waals surface area (Å²) in [6, 6.07) is 10.3. The fraction of sp³-hybridized carbons (Fsp3) is 0.130. The highest BCUT2D eigenvalue weighted by Crippen LogP contribution is 2.34. The number of amides is 2. The second kappa shape index (κ2) is 7.24. The Labute approximate surface area is 180 Å². The van der Waals surface area contributed by atoms with E-state index in [9.17, 15) is 18.8 Å². The second-order valence-corrected chi connectivity index (χ2v) is 8.11. The molecule has 2 amide bonds. The van der Waals surface area contributed by atoms with E-state index in [2.05, 4.69) is 9.97 Å². The van der Waals surface area contributed by atoms with Gasteiger partial charge in [-0.1, -0.05) is 19.1 Å². The van der Waals surface area contributed by atoms with Gasteiger partial charge in [0, 0.05) is 22.5 Å². The normalized spacial score (nSPS) is 14.3. The van der Waals surface area contributed by atoms with E-state index in [0.29, 0.717) is 39.7 Å². The van der Waals surface area contributed by atoms with Crippen LogP contribution in [0.15, 0.2) is 54.0 Å². The fourth-order valence-electron chi connectivity index (χ4n) is 3.96. The standard InChI is InChI=1S/C23H16FN3O3S/c1-2-19(27-22(29)14-5-3-4-6-15(14)23(27)30)18-11-31-21(26-18)20(28)16-10-25-17-9-12(24)7-8-13(16)17/h3-11,19,25H,2H2,1H3/t19-/m1/s1. The zero-order valence-electron chi connectivity index (χ0n) is 16.4. The molecule has 0 radical (unpaired) electrons. The number of fused-ring (bicyclic) bond motifs is 2. The van der Waals surface area contributed by atoms with Crippen LogP contribution in [0.2, 0.25) is 0 Å². The van der Waals surface area contributed by atoms with Gasteiger partial charge in [0.1, 0.15) is 5.82 Å². The first-order valence-corrected chi connectivity index (χ1v) is 10.6. The maximum absolute atomic E-state index is 13.4. The van der Waals surface area contributed by atoms with E-state index in [1.54, 1.807) is 35.7 Å². The summed E-state index contributed by atoms with van der Waals surface area (Å²) in [6.07, 6.45) is 2.00. The summed E-state index contributed by atoms with van der Waals surface area (Å²) >= 11 is 1.16. The van der Waals surface area contributed by atoms with E-state index < -0.39 is 11.9 Å². The van der Waals surface area contributed by atoms with Crippen molar-refractivity contribution in [1.82, 2.24) is 14.9 Å². The van der Waals surface area contributed by atoms with E-state index in [-0.39, 0.29) is 22.6 Å². The molecule has 2 aromatic heterocycles. The molecule has 5 rings (SSSR count). The molecule has 0 aliphatic carbocycles. The molecule has 31 heavy (non-hydrogen) atoms. The lowest BCUT2D eigenvalue weighted by Gasteiger charge is -2.23. The molecule has 6 nitrogen and oxygen atoms in total. The first kappa shape index (κ1) is 19.3. The van der Waals surface area contributed by atoms with Gasteiger partial charge in [-0.2, -0.15) is 0 Å². The summed E-state index contributed by atoms with van der Waals surface area (Å²) in [5, 5.41) is 2.56. The largest absolute Gasteiger partial charge is 0.360 e. The van der Waals surface area contributed by atoms with Crippen LogP contribution in [-0.4, -0.2) is 32.5 Å². The zero-order chi connectivity index (χ0) is 21.7. The number of hydrogen-bond acceptors (Lipinski definition) is 5. The van der Waals surface area contributed by atoms with Crippen LogP contribution in [0.25, 0.3) is 10.9 Å². The molecule has 4 aromatic rings. The zero-order valence-corrected chi connectivity index (χ0v) is 17.2. The average Bonchev–Trinajstić information content (AvgIpc) is 3.48. The SMILES string of the molecule is CC[C@H](c1csc(C(=O)c2c[nH]c3cc(F)ccc23)n1)N1C(=O)c2ccccc2C1=O. The van der Waals surface area contributed by atoms with Gasteiger partial charge in [0.25, 0.3) is 11.8 Å². The molecule has 1 N–H and O–H groups in total. The van der Waals surface area contributed by atoms with Gasteiger partial charge in [-0.15, -0.1) is 11.3 Å². The summed E-state index contributed by atoms with van der Waals surface area (Å²) in [7, 11) is 0. The molecule has 0 bridgehead atoms. The van der Waals surface area contributed by atoms with E-state index >= 15 is 0 Å². The van der Waals surface area contributed by atoms with Crippen LogP contribution in [0, 0.1) is 5.82 Å². The number of halogens is 1. The smallest absolute Gasteiger partial charge is 0.262 e. The highest BCUT2D eigenvalue weighted by Gasteiger charge is 2.40. The molecule has 0 unspecified atom stereocenters. The maximum Gasteiger partial charge on any atom is 0.262 e. The Morgan fingerprint density at radius 1 is 1.16 bits per heavy atom. The summed E-state index contributed by atoms with van der Waals surface area (Å²) in [5.74, 6) is -1.40. The van der Waals surface area contributed by atoms with Crippen molar-refractivity contribution >= 4 is 39.8 Å². The molecule has 0 fully saturated rings. The number of thiazole rings is 1. The van der Waals surface area contributed by atoms with Crippen molar-refractivity contribution in [2.24, 2.45) is 0 Å². The Bertz CT molecular complexity index is 1340. The number of benzene rings is 2. The molecule has 154 valence electrons. The lowest BCUT2D eigenvalue weighted by atomic mass is 10.1. The number of imide groups is 1. The van der Waals surface area contributed by atoms with Crippen LogP contribution in [-0.2, 0) is 0 Å². The number of H-pyrrole nitrogens is 1. The number of carbonyl (C=O) groups excluding carboxylic acids is 3. The first-order chi connectivity index (χ1) is 15.0. The third-order valence-electron chi connectivity index (χ3n) is 5.47. The van der Waals surface area contributed by atoms with E-state index in [1.165, 1.54) is 23.2 Å². The Kier molecular flexibility index (Phi) is 4.51. The maximum atomic E-state index is 13.4. The molecular weight excluding hydrogens is 417 g/mol. The molecule has 0 spiro atoms. The van der Waals surface area contributed by atoms with Crippen molar-refractivity contribution in [2.45, 2.75) is 19.4 Å². The molecule has 3 heterocycles. The Morgan fingerprint density at radius 3 is 2.55 bits per heavy atom. The lowest BCUT2D eigenvalue weighted by Crippen LogP contribution is -2.34.